The van der Waals surface area contributed by atoms with E-state index in [-0.39, 0.29) is 11.9 Å². The van der Waals surface area contributed by atoms with Gasteiger partial charge in [-0.05, 0) is 63.6 Å². The van der Waals surface area contributed by atoms with Gasteiger partial charge in [0.15, 0.2) is 0 Å². The summed E-state index contributed by atoms with van der Waals surface area (Å²) < 4.78 is 14.1. The van der Waals surface area contributed by atoms with Gasteiger partial charge in [-0.3, -0.25) is 4.90 Å². The monoisotopic (exact) mass is 284 g/mol. The molecule has 0 amide bonds. The van der Waals surface area contributed by atoms with Crippen molar-refractivity contribution in [2.75, 3.05) is 26.7 Å². The molecular weight excluding hydrogens is 263 g/mol. The molecule has 106 valence electrons. The first-order chi connectivity index (χ1) is 9.13. The molecule has 1 saturated heterocycles. The third-order valence-corrected chi connectivity index (χ3v) is 4.18. The molecule has 2 nitrogen and oxygen atoms in total. The molecule has 1 heterocycles. The number of piperidine rings is 1. The Balaban J connectivity index is 2.27. The molecule has 1 fully saturated rings. The van der Waals surface area contributed by atoms with Crippen molar-refractivity contribution < 1.29 is 4.39 Å². The lowest BCUT2D eigenvalue weighted by Crippen LogP contribution is -2.40. The summed E-state index contributed by atoms with van der Waals surface area (Å²) in [7, 11) is 2.07. The lowest BCUT2D eigenvalue weighted by Gasteiger charge is -2.40. The zero-order valence-corrected chi connectivity index (χ0v) is 12.4. The molecule has 0 radical (unpaired) electrons. The number of likely N-dealkylation sites (tertiary alicyclic amines) is 1. The summed E-state index contributed by atoms with van der Waals surface area (Å²) in [5, 5.41) is 4.00. The maximum atomic E-state index is 14.1. The highest BCUT2D eigenvalue weighted by molar-refractivity contribution is 6.30. The van der Waals surface area contributed by atoms with E-state index in [1.807, 2.05) is 0 Å². The van der Waals surface area contributed by atoms with E-state index in [0.717, 1.165) is 31.6 Å². The second kappa shape index (κ2) is 6.69. The molecule has 0 aliphatic carbocycles. The van der Waals surface area contributed by atoms with Crippen molar-refractivity contribution in [1.29, 1.82) is 0 Å². The van der Waals surface area contributed by atoms with Crippen LogP contribution in [0.1, 0.15) is 31.4 Å². The quantitative estimate of drug-likeness (QED) is 0.911. The van der Waals surface area contributed by atoms with Gasteiger partial charge in [0.2, 0.25) is 0 Å². The van der Waals surface area contributed by atoms with Crippen molar-refractivity contribution in [3.63, 3.8) is 0 Å². The smallest absolute Gasteiger partial charge is 0.128 e. The molecule has 0 bridgehead atoms. The molecule has 19 heavy (non-hydrogen) atoms. The van der Waals surface area contributed by atoms with Gasteiger partial charge < -0.3 is 5.32 Å². The van der Waals surface area contributed by atoms with Gasteiger partial charge in [-0.15, -0.1) is 0 Å². The maximum Gasteiger partial charge on any atom is 0.128 e. The van der Waals surface area contributed by atoms with E-state index < -0.39 is 0 Å². The molecule has 2 atom stereocenters. The fourth-order valence-corrected chi connectivity index (χ4v) is 3.22. The topological polar surface area (TPSA) is 15.3 Å². The summed E-state index contributed by atoms with van der Waals surface area (Å²) >= 11 is 6.04. The third kappa shape index (κ3) is 3.47. The number of hydrogen-bond donors (Lipinski definition) is 1. The van der Waals surface area contributed by atoms with Crippen molar-refractivity contribution in [2.45, 2.75) is 25.8 Å². The largest absolute Gasteiger partial charge is 0.317 e. The predicted molar refractivity (Wildman–Crippen MR) is 78.0 cm³/mol. The highest BCUT2D eigenvalue weighted by atomic mass is 35.5. The Morgan fingerprint density at radius 3 is 3.00 bits per heavy atom. The Hall–Kier alpha value is -0.640. The van der Waals surface area contributed by atoms with Gasteiger partial charge in [0, 0.05) is 16.6 Å². The number of hydrogen-bond acceptors (Lipinski definition) is 2. The van der Waals surface area contributed by atoms with E-state index in [2.05, 4.69) is 24.2 Å². The maximum absolute atomic E-state index is 14.1. The van der Waals surface area contributed by atoms with Crippen LogP contribution in [0.5, 0.6) is 0 Å². The summed E-state index contributed by atoms with van der Waals surface area (Å²) in [6.45, 7) is 4.99. The second-order valence-corrected chi connectivity index (χ2v) is 5.74. The summed E-state index contributed by atoms with van der Waals surface area (Å²) in [6.07, 6.45) is 2.30. The van der Waals surface area contributed by atoms with Gasteiger partial charge in [0.05, 0.1) is 0 Å². The highest BCUT2D eigenvalue weighted by Crippen LogP contribution is 2.36. The van der Waals surface area contributed by atoms with Crippen molar-refractivity contribution in [3.8, 4) is 0 Å². The highest BCUT2D eigenvalue weighted by Gasteiger charge is 2.32. The minimum atomic E-state index is -0.148. The van der Waals surface area contributed by atoms with Crippen molar-refractivity contribution in [3.05, 3.63) is 34.6 Å². The van der Waals surface area contributed by atoms with E-state index in [0.29, 0.717) is 10.9 Å². The molecule has 4 heteroatoms. The molecule has 2 rings (SSSR count). The summed E-state index contributed by atoms with van der Waals surface area (Å²) in [4.78, 5) is 2.25. The third-order valence-electron chi connectivity index (χ3n) is 3.94. The lowest BCUT2D eigenvalue weighted by molar-refractivity contribution is 0.117. The van der Waals surface area contributed by atoms with Gasteiger partial charge in [-0.2, -0.15) is 0 Å². The van der Waals surface area contributed by atoms with Crippen LogP contribution in [0.15, 0.2) is 18.2 Å². The Kier molecular flexibility index (Phi) is 5.20. The van der Waals surface area contributed by atoms with Crippen LogP contribution in [0, 0.1) is 11.7 Å². The fraction of sp³-hybridized carbons (Fsp3) is 0.600. The minimum absolute atomic E-state index is 0.117. The average Bonchev–Trinajstić information content (AvgIpc) is 2.39. The number of nitrogens with one attached hydrogen (secondary N) is 1. The van der Waals surface area contributed by atoms with Gasteiger partial charge in [-0.25, -0.2) is 4.39 Å². The van der Waals surface area contributed by atoms with Crippen molar-refractivity contribution in [2.24, 2.45) is 5.92 Å². The number of halogens is 2. The number of rotatable bonds is 4. The lowest BCUT2D eigenvalue weighted by atomic mass is 9.84. The van der Waals surface area contributed by atoms with Gasteiger partial charge in [-0.1, -0.05) is 18.5 Å². The average molecular weight is 285 g/mol. The van der Waals surface area contributed by atoms with Crippen LogP contribution in [-0.2, 0) is 0 Å². The molecule has 0 saturated carbocycles. The summed E-state index contributed by atoms with van der Waals surface area (Å²) in [5.74, 6) is 0.288. The zero-order valence-electron chi connectivity index (χ0n) is 11.6. The molecule has 1 aromatic rings. The van der Waals surface area contributed by atoms with Crippen LogP contribution in [0.3, 0.4) is 0 Å². The first kappa shape index (κ1) is 14.8. The molecule has 0 spiro atoms. The Morgan fingerprint density at radius 2 is 2.26 bits per heavy atom. The number of nitrogens with zero attached hydrogens (tertiary/aromatic N) is 1. The van der Waals surface area contributed by atoms with Crippen molar-refractivity contribution >= 4 is 11.6 Å². The molecule has 1 aliphatic rings. The van der Waals surface area contributed by atoms with Crippen LogP contribution in [0.25, 0.3) is 0 Å². The standard InChI is InChI=1S/C15H22ClFN2/c1-3-18-10-11-5-4-8-19(2)15(11)13-9-12(16)6-7-14(13)17/h6-7,9,11,15,18H,3-5,8,10H2,1-2H3. The molecule has 1 N–H and O–H groups in total. The summed E-state index contributed by atoms with van der Waals surface area (Å²) in [5.41, 5.74) is 0.734. The zero-order chi connectivity index (χ0) is 13.8. The molecular formula is C15H22ClFN2. The molecule has 2 unspecified atom stereocenters. The van der Waals surface area contributed by atoms with E-state index in [1.54, 1.807) is 12.1 Å². The van der Waals surface area contributed by atoms with Crippen LogP contribution in [0.4, 0.5) is 4.39 Å². The van der Waals surface area contributed by atoms with Gasteiger partial charge >= 0.3 is 0 Å². The molecule has 0 aromatic heterocycles. The number of benzene rings is 1. The molecule has 1 aromatic carbocycles. The fourth-order valence-electron chi connectivity index (χ4n) is 3.04. The van der Waals surface area contributed by atoms with Crippen LogP contribution in [0.2, 0.25) is 5.02 Å². The van der Waals surface area contributed by atoms with Crippen molar-refractivity contribution in [1.82, 2.24) is 10.2 Å². The Morgan fingerprint density at radius 1 is 1.47 bits per heavy atom. The van der Waals surface area contributed by atoms with E-state index >= 15 is 0 Å². The van der Waals surface area contributed by atoms with E-state index in [1.165, 1.54) is 12.5 Å². The second-order valence-electron chi connectivity index (χ2n) is 5.30. The SMILES string of the molecule is CCNCC1CCCN(C)C1c1cc(Cl)ccc1F. The van der Waals surface area contributed by atoms with Gasteiger partial charge in [0.25, 0.3) is 0 Å². The van der Waals surface area contributed by atoms with Crippen LogP contribution >= 0.6 is 11.6 Å². The summed E-state index contributed by atoms with van der Waals surface area (Å²) in [6, 6.07) is 4.99. The van der Waals surface area contributed by atoms with Gasteiger partial charge in [0.1, 0.15) is 5.82 Å². The first-order valence-corrected chi connectivity index (χ1v) is 7.37. The van der Waals surface area contributed by atoms with E-state index in [9.17, 15) is 4.39 Å². The van der Waals surface area contributed by atoms with Crippen LogP contribution < -0.4 is 5.32 Å². The van der Waals surface area contributed by atoms with E-state index in [4.69, 9.17) is 11.6 Å². The Bertz CT molecular complexity index is 425. The normalized spacial score (nSPS) is 24.6. The first-order valence-electron chi connectivity index (χ1n) is 6.99. The van der Waals surface area contributed by atoms with Crippen LogP contribution in [-0.4, -0.2) is 31.6 Å². The predicted octanol–water partition coefficient (Wildman–Crippen LogP) is 3.47. The molecule has 1 aliphatic heterocycles. The Labute approximate surface area is 119 Å². The minimum Gasteiger partial charge on any atom is -0.317 e.